The summed E-state index contributed by atoms with van der Waals surface area (Å²) >= 11 is 0. The summed E-state index contributed by atoms with van der Waals surface area (Å²) in [6, 6.07) is 2.73. The van der Waals surface area contributed by atoms with Crippen molar-refractivity contribution in [2.45, 2.75) is 46.4 Å². The van der Waals surface area contributed by atoms with Crippen LogP contribution in [0.3, 0.4) is 0 Å². The van der Waals surface area contributed by atoms with Crippen LogP contribution in [0.4, 0.5) is 13.2 Å². The quantitative estimate of drug-likeness (QED) is 0.797. The van der Waals surface area contributed by atoms with E-state index in [9.17, 15) is 18.2 Å². The molecular formula is C13H18BF3O2. The number of benzene rings is 1. The van der Waals surface area contributed by atoms with E-state index in [1.807, 2.05) is 27.7 Å². The minimum absolute atomic E-state index is 0.0331. The zero-order valence-corrected chi connectivity index (χ0v) is 11.5. The highest BCUT2D eigenvalue weighted by molar-refractivity contribution is 6.61. The highest BCUT2D eigenvalue weighted by atomic mass is 19.4. The number of halogens is 3. The average Bonchev–Trinajstić information content (AvgIpc) is 2.71. The summed E-state index contributed by atoms with van der Waals surface area (Å²) in [4.78, 5) is 0. The van der Waals surface area contributed by atoms with Gasteiger partial charge >= 0.3 is 13.3 Å². The van der Waals surface area contributed by atoms with Crippen LogP contribution in [0.1, 0.15) is 50.3 Å². The highest BCUT2D eigenvalue weighted by Crippen LogP contribution is 2.35. The van der Waals surface area contributed by atoms with Crippen LogP contribution < -0.4 is 5.46 Å². The van der Waals surface area contributed by atoms with E-state index in [0.29, 0.717) is 5.56 Å². The second-order valence-corrected chi connectivity index (χ2v) is 4.45. The molecular weight excluding hydrogens is 256 g/mol. The Hall–Kier alpha value is -1.01. The summed E-state index contributed by atoms with van der Waals surface area (Å²) in [5.41, 5.74) is 0.147. The first-order valence-corrected chi connectivity index (χ1v) is 6.34. The number of rotatable bonds is 1. The molecule has 1 aliphatic rings. The van der Waals surface area contributed by atoms with Gasteiger partial charge in [0.25, 0.3) is 0 Å². The van der Waals surface area contributed by atoms with Gasteiger partial charge in [0.05, 0.1) is 12.2 Å². The van der Waals surface area contributed by atoms with Crippen molar-refractivity contribution in [3.8, 4) is 0 Å². The van der Waals surface area contributed by atoms with Crippen LogP contribution in [0.5, 0.6) is 0 Å². The van der Waals surface area contributed by atoms with E-state index in [2.05, 4.69) is 0 Å². The van der Waals surface area contributed by atoms with Gasteiger partial charge in [0, 0.05) is 0 Å². The van der Waals surface area contributed by atoms with E-state index in [4.69, 9.17) is 4.65 Å². The Morgan fingerprint density at radius 2 is 1.84 bits per heavy atom. The predicted molar refractivity (Wildman–Crippen MR) is 69.3 cm³/mol. The largest absolute Gasteiger partial charge is 0.491 e. The molecule has 0 fully saturated rings. The van der Waals surface area contributed by atoms with E-state index < -0.39 is 18.9 Å². The van der Waals surface area contributed by atoms with Crippen molar-refractivity contribution in [1.29, 1.82) is 0 Å². The first-order valence-electron chi connectivity index (χ1n) is 6.34. The van der Waals surface area contributed by atoms with Crippen molar-refractivity contribution in [1.82, 2.24) is 0 Å². The molecule has 1 aromatic rings. The first kappa shape index (κ1) is 16.1. The predicted octanol–water partition coefficient (Wildman–Crippen LogP) is 3.07. The van der Waals surface area contributed by atoms with E-state index in [0.717, 1.165) is 6.07 Å². The normalized spacial score (nSPS) is 14.3. The van der Waals surface area contributed by atoms with Crippen molar-refractivity contribution in [3.63, 3.8) is 0 Å². The number of alkyl halides is 3. The highest BCUT2D eigenvalue weighted by Gasteiger charge is 2.39. The minimum atomic E-state index is -4.41. The Labute approximate surface area is 111 Å². The first-order chi connectivity index (χ1) is 8.80. The van der Waals surface area contributed by atoms with Crippen LogP contribution >= 0.6 is 0 Å². The minimum Gasteiger partial charge on any atom is -0.423 e. The van der Waals surface area contributed by atoms with Crippen LogP contribution in [0.15, 0.2) is 12.1 Å². The fourth-order valence-corrected chi connectivity index (χ4v) is 1.94. The van der Waals surface area contributed by atoms with Gasteiger partial charge in [-0.05, 0) is 28.6 Å². The number of hydrogen-bond donors (Lipinski definition) is 1. The molecule has 0 aliphatic carbocycles. The third kappa shape index (κ3) is 3.31. The van der Waals surface area contributed by atoms with Crippen LogP contribution in [-0.2, 0) is 17.4 Å². The maximum atomic E-state index is 12.9. The molecule has 0 bridgehead atoms. The summed E-state index contributed by atoms with van der Waals surface area (Å²) in [6.07, 6.45) is -4.41. The molecule has 0 spiro atoms. The lowest BCUT2D eigenvalue weighted by Crippen LogP contribution is -2.30. The summed E-state index contributed by atoms with van der Waals surface area (Å²) in [7, 11) is -1.25. The molecule has 1 N–H and O–H groups in total. The van der Waals surface area contributed by atoms with E-state index >= 15 is 0 Å². The van der Waals surface area contributed by atoms with Gasteiger partial charge in [0.2, 0.25) is 0 Å². The van der Waals surface area contributed by atoms with Gasteiger partial charge in [-0.15, -0.1) is 0 Å². The smallest absolute Gasteiger partial charge is 0.423 e. The second kappa shape index (κ2) is 5.97. The van der Waals surface area contributed by atoms with E-state index in [1.54, 1.807) is 6.07 Å². The molecule has 0 atom stereocenters. The summed E-state index contributed by atoms with van der Waals surface area (Å²) < 4.78 is 43.5. The van der Waals surface area contributed by atoms with Crippen molar-refractivity contribution in [3.05, 3.63) is 28.8 Å². The Bertz CT molecular complexity index is 444. The zero-order valence-electron chi connectivity index (χ0n) is 11.5. The van der Waals surface area contributed by atoms with Crippen molar-refractivity contribution >= 4 is 12.6 Å². The van der Waals surface area contributed by atoms with Gasteiger partial charge in [-0.2, -0.15) is 13.2 Å². The summed E-state index contributed by atoms with van der Waals surface area (Å²) in [5.74, 6) is -0.0331. The van der Waals surface area contributed by atoms with E-state index in [-0.39, 0.29) is 23.6 Å². The third-order valence-electron chi connectivity index (χ3n) is 2.93. The monoisotopic (exact) mass is 274 g/mol. The lowest BCUT2D eigenvalue weighted by Gasteiger charge is -2.15. The van der Waals surface area contributed by atoms with Gasteiger partial charge < -0.3 is 9.68 Å². The summed E-state index contributed by atoms with van der Waals surface area (Å²) in [6.45, 7) is 7.43. The third-order valence-corrected chi connectivity index (χ3v) is 2.93. The molecule has 0 radical (unpaired) electrons. The molecule has 0 aromatic heterocycles. The lowest BCUT2D eigenvalue weighted by atomic mass is 9.76. The SMILES string of the molecule is CC.CC(C)c1cc2c(c(C(F)(F)F)c1)COB2O. The van der Waals surface area contributed by atoms with Gasteiger partial charge in [0.1, 0.15) is 0 Å². The maximum Gasteiger partial charge on any atom is 0.491 e. The average molecular weight is 274 g/mol. The van der Waals surface area contributed by atoms with Crippen molar-refractivity contribution in [2.24, 2.45) is 0 Å². The fourth-order valence-electron chi connectivity index (χ4n) is 1.94. The number of fused-ring (bicyclic) bond motifs is 1. The molecule has 1 heterocycles. The van der Waals surface area contributed by atoms with Crippen molar-refractivity contribution < 1.29 is 22.8 Å². The van der Waals surface area contributed by atoms with Gasteiger partial charge in [-0.25, -0.2) is 0 Å². The Kier molecular flexibility index (Phi) is 5.04. The van der Waals surface area contributed by atoms with Crippen molar-refractivity contribution in [2.75, 3.05) is 0 Å². The Morgan fingerprint density at radius 3 is 2.32 bits per heavy atom. The molecule has 1 aliphatic heterocycles. The molecule has 1 aromatic carbocycles. The molecule has 0 saturated carbocycles. The van der Waals surface area contributed by atoms with Crippen LogP contribution in [0.25, 0.3) is 0 Å². The van der Waals surface area contributed by atoms with Gasteiger partial charge in [-0.3, -0.25) is 0 Å². The molecule has 2 rings (SSSR count). The number of hydrogen-bond acceptors (Lipinski definition) is 2. The van der Waals surface area contributed by atoms with Gasteiger partial charge in [0.15, 0.2) is 0 Å². The summed E-state index contributed by atoms with van der Waals surface area (Å²) in [5, 5.41) is 9.49. The lowest BCUT2D eigenvalue weighted by molar-refractivity contribution is -0.138. The fraction of sp³-hybridized carbons (Fsp3) is 0.538. The Morgan fingerprint density at radius 1 is 1.26 bits per heavy atom. The topological polar surface area (TPSA) is 29.5 Å². The molecule has 6 heteroatoms. The second-order valence-electron chi connectivity index (χ2n) is 4.45. The molecule has 19 heavy (non-hydrogen) atoms. The molecule has 0 unspecified atom stereocenters. The van der Waals surface area contributed by atoms with Crippen LogP contribution in [0.2, 0.25) is 0 Å². The molecule has 2 nitrogen and oxygen atoms in total. The Balaban J connectivity index is 0.000000861. The van der Waals surface area contributed by atoms with E-state index in [1.165, 1.54) is 0 Å². The molecule has 0 amide bonds. The zero-order chi connectivity index (χ0) is 14.8. The van der Waals surface area contributed by atoms with Crippen LogP contribution in [-0.4, -0.2) is 12.1 Å². The molecule has 0 saturated heterocycles. The van der Waals surface area contributed by atoms with Crippen LogP contribution in [0, 0.1) is 0 Å². The molecule has 106 valence electrons. The standard InChI is InChI=1S/C11H12BF3O2.C2H6/c1-6(2)7-3-9(11(13,14)15)8-5-17-12(16)10(8)4-7;1-2/h3-4,6,16H,5H2,1-2H3;1-2H3. The van der Waals surface area contributed by atoms with Gasteiger partial charge in [-0.1, -0.05) is 33.8 Å². The maximum absolute atomic E-state index is 12.9.